The molecule has 0 rings (SSSR count). The summed E-state index contributed by atoms with van der Waals surface area (Å²) >= 11 is 0. The molecule has 31 heavy (non-hydrogen) atoms. The predicted molar refractivity (Wildman–Crippen MR) is 121 cm³/mol. The molecule has 0 aliphatic rings. The van der Waals surface area contributed by atoms with Crippen molar-refractivity contribution in [1.29, 1.82) is 0 Å². The van der Waals surface area contributed by atoms with Crippen LogP contribution in [0.15, 0.2) is 0 Å². The zero-order valence-corrected chi connectivity index (χ0v) is 20.7. The predicted octanol–water partition coefficient (Wildman–Crippen LogP) is 0.797. The van der Waals surface area contributed by atoms with Gasteiger partial charge >= 0.3 is 0 Å². The molecule has 0 spiro atoms. The fourth-order valence-corrected chi connectivity index (χ4v) is 4.00. The van der Waals surface area contributed by atoms with Crippen LogP contribution in [0.2, 0.25) is 0 Å². The van der Waals surface area contributed by atoms with Gasteiger partial charge in [-0.05, 0) is 24.8 Å². The Morgan fingerprint density at radius 3 is 1.97 bits per heavy atom. The van der Waals surface area contributed by atoms with Gasteiger partial charge in [0.15, 0.2) is 0 Å². The number of hydrogen-bond donors (Lipinski definition) is 3. The van der Waals surface area contributed by atoms with Crippen molar-refractivity contribution in [2.24, 2.45) is 23.5 Å². The van der Waals surface area contributed by atoms with E-state index in [0.717, 1.165) is 6.42 Å². The maximum atomic E-state index is 13.5. The molecule has 0 bridgehead atoms. The summed E-state index contributed by atoms with van der Waals surface area (Å²) in [5.41, 5.74) is 5.40. The van der Waals surface area contributed by atoms with E-state index in [0.29, 0.717) is 0 Å². The van der Waals surface area contributed by atoms with Crippen LogP contribution in [0, 0.1) is 17.8 Å². The molecule has 0 saturated carbocycles. The monoisotopic (exact) mass is 444 g/mol. The minimum absolute atomic E-state index is 0.00144. The molecule has 0 radical (unpaired) electrons. The lowest BCUT2D eigenvalue weighted by Gasteiger charge is -2.40. The van der Waals surface area contributed by atoms with Crippen LogP contribution in [0.5, 0.6) is 0 Å². The quantitative estimate of drug-likeness (QED) is 0.340. The molecule has 5 atom stereocenters. The van der Waals surface area contributed by atoms with E-state index < -0.39 is 24.1 Å². The smallest absolute Gasteiger partial charge is 0.245 e. The molecule has 0 aromatic heterocycles. The number of carbonyl (C=O) groups excluding carboxylic acids is 3. The van der Waals surface area contributed by atoms with Crippen molar-refractivity contribution in [3.8, 4) is 0 Å². The highest BCUT2D eigenvalue weighted by Crippen LogP contribution is 2.23. The number of nitrogens with two attached hydrogens (primary N) is 1. The van der Waals surface area contributed by atoms with Crippen LogP contribution in [-0.4, -0.2) is 84.8 Å². The minimum Gasteiger partial charge on any atom is -0.381 e. The highest BCUT2D eigenvalue weighted by molar-refractivity contribution is 5.90. The molecule has 0 fully saturated rings. The van der Waals surface area contributed by atoms with Crippen LogP contribution in [0.1, 0.15) is 54.4 Å². The number of primary amides is 1. The average molecular weight is 445 g/mol. The molecule has 0 aromatic rings. The van der Waals surface area contributed by atoms with Crippen LogP contribution in [-0.2, 0) is 19.1 Å². The van der Waals surface area contributed by atoms with Crippen molar-refractivity contribution in [3.63, 3.8) is 0 Å². The summed E-state index contributed by atoms with van der Waals surface area (Å²) in [5, 5.41) is 12.4. The Morgan fingerprint density at radius 2 is 1.61 bits per heavy atom. The van der Waals surface area contributed by atoms with Gasteiger partial charge in [-0.2, -0.15) is 0 Å². The van der Waals surface area contributed by atoms with Gasteiger partial charge in [-0.25, -0.2) is 0 Å². The molecular formula is C22H44N4O5. The van der Waals surface area contributed by atoms with Crippen molar-refractivity contribution in [1.82, 2.24) is 15.1 Å². The number of aliphatic hydroxyl groups is 1. The Kier molecular flexibility index (Phi) is 12.9. The normalized spacial score (nSPS) is 16.7. The third kappa shape index (κ3) is 8.38. The maximum absolute atomic E-state index is 13.5. The van der Waals surface area contributed by atoms with Gasteiger partial charge in [0.1, 0.15) is 6.04 Å². The van der Waals surface area contributed by atoms with Crippen LogP contribution >= 0.6 is 0 Å². The molecule has 0 saturated heterocycles. The van der Waals surface area contributed by atoms with E-state index in [1.807, 2.05) is 41.5 Å². The molecule has 9 nitrogen and oxygen atoms in total. The number of hydrogen-bond acceptors (Lipinski definition) is 6. The van der Waals surface area contributed by atoms with Crippen LogP contribution in [0.4, 0.5) is 0 Å². The number of likely N-dealkylation sites (N-methyl/N-ethyl adjacent to an activating group) is 2. The summed E-state index contributed by atoms with van der Waals surface area (Å²) in [6, 6.07) is -1.71. The van der Waals surface area contributed by atoms with Gasteiger partial charge in [-0.15, -0.1) is 0 Å². The lowest BCUT2D eigenvalue weighted by molar-refractivity contribution is -0.145. The zero-order chi connectivity index (χ0) is 24.5. The number of nitrogens with one attached hydrogen (secondary N) is 1. The zero-order valence-electron chi connectivity index (χ0n) is 20.7. The molecule has 0 aliphatic heterocycles. The average Bonchev–Trinajstić information content (AvgIpc) is 2.69. The SMILES string of the molecule is CC[C@H](C)C([C@@H](CC(N)=O)OC)N(C)C(=O)[C@@H](NC(=O)[C@H](C(C)C)N(C)CO)C(C)C. The fourth-order valence-electron chi connectivity index (χ4n) is 4.00. The number of carbonyl (C=O) groups is 3. The van der Waals surface area contributed by atoms with Crippen molar-refractivity contribution in [2.45, 2.75) is 78.6 Å². The summed E-state index contributed by atoms with van der Waals surface area (Å²) < 4.78 is 5.54. The van der Waals surface area contributed by atoms with E-state index in [-0.39, 0.29) is 48.8 Å². The summed E-state index contributed by atoms with van der Waals surface area (Å²) in [6.45, 7) is 11.2. The van der Waals surface area contributed by atoms with Gasteiger partial charge in [0, 0.05) is 14.2 Å². The highest BCUT2D eigenvalue weighted by Gasteiger charge is 2.38. The van der Waals surface area contributed by atoms with Crippen molar-refractivity contribution >= 4 is 17.7 Å². The summed E-state index contributed by atoms with van der Waals surface area (Å²) in [7, 11) is 4.84. The van der Waals surface area contributed by atoms with Gasteiger partial charge < -0.3 is 25.8 Å². The first kappa shape index (κ1) is 29.3. The third-order valence-corrected chi connectivity index (χ3v) is 5.94. The molecule has 1 unspecified atom stereocenters. The van der Waals surface area contributed by atoms with E-state index in [9.17, 15) is 19.5 Å². The molecule has 9 heteroatoms. The van der Waals surface area contributed by atoms with Crippen molar-refractivity contribution < 1.29 is 24.2 Å². The molecule has 4 N–H and O–H groups in total. The Hall–Kier alpha value is -1.71. The van der Waals surface area contributed by atoms with E-state index in [1.54, 1.807) is 23.9 Å². The molecule has 0 aliphatic carbocycles. The number of methoxy groups -OCH3 is 1. The van der Waals surface area contributed by atoms with Crippen molar-refractivity contribution in [2.75, 3.05) is 27.9 Å². The summed E-state index contributed by atoms with van der Waals surface area (Å²) in [5.74, 6) is -1.24. The Balaban J connectivity index is 5.84. The van der Waals surface area contributed by atoms with E-state index in [2.05, 4.69) is 5.32 Å². The van der Waals surface area contributed by atoms with E-state index in [1.165, 1.54) is 7.11 Å². The summed E-state index contributed by atoms with van der Waals surface area (Å²) in [6.07, 6.45) is 0.225. The largest absolute Gasteiger partial charge is 0.381 e. The third-order valence-electron chi connectivity index (χ3n) is 5.94. The Bertz CT molecular complexity index is 584. The van der Waals surface area contributed by atoms with Gasteiger partial charge in [0.2, 0.25) is 17.7 Å². The van der Waals surface area contributed by atoms with Crippen LogP contribution in [0.3, 0.4) is 0 Å². The second kappa shape index (κ2) is 13.6. The number of nitrogens with zero attached hydrogens (tertiary/aromatic N) is 2. The van der Waals surface area contributed by atoms with Gasteiger partial charge in [-0.3, -0.25) is 19.3 Å². The van der Waals surface area contributed by atoms with Crippen LogP contribution in [0.25, 0.3) is 0 Å². The first-order valence-electron chi connectivity index (χ1n) is 11.0. The van der Waals surface area contributed by atoms with Gasteiger partial charge in [-0.1, -0.05) is 48.0 Å². The molecule has 0 aromatic carbocycles. The number of rotatable bonds is 14. The lowest BCUT2D eigenvalue weighted by Crippen LogP contribution is -2.59. The summed E-state index contributed by atoms with van der Waals surface area (Å²) in [4.78, 5) is 41.2. The Morgan fingerprint density at radius 1 is 1.06 bits per heavy atom. The lowest BCUT2D eigenvalue weighted by atomic mass is 9.89. The molecular weight excluding hydrogens is 400 g/mol. The first-order chi connectivity index (χ1) is 14.3. The Labute approximate surface area is 187 Å². The second-order valence-corrected chi connectivity index (χ2v) is 9.09. The van der Waals surface area contributed by atoms with Gasteiger partial charge in [0.25, 0.3) is 0 Å². The van der Waals surface area contributed by atoms with Crippen LogP contribution < -0.4 is 11.1 Å². The number of ether oxygens (including phenoxy) is 1. The molecule has 0 heterocycles. The second-order valence-electron chi connectivity index (χ2n) is 9.09. The minimum atomic E-state index is -0.761. The molecule has 3 amide bonds. The topological polar surface area (TPSA) is 125 Å². The van der Waals surface area contributed by atoms with E-state index >= 15 is 0 Å². The van der Waals surface area contributed by atoms with Crippen molar-refractivity contribution in [3.05, 3.63) is 0 Å². The first-order valence-corrected chi connectivity index (χ1v) is 11.0. The maximum Gasteiger partial charge on any atom is 0.245 e. The highest BCUT2D eigenvalue weighted by atomic mass is 16.5. The van der Waals surface area contributed by atoms with Gasteiger partial charge in [0.05, 0.1) is 31.3 Å². The standard InChI is InChI=1S/C22H44N4O5/c1-10-15(6)20(16(31-9)11-17(23)28)26(8)22(30)18(13(2)3)24-21(29)19(14(4)5)25(7)12-27/h13-16,18-20,27H,10-12H2,1-9H3,(H2,23,28)(H,24,29)/t15-,16+,18-,19-,20?/m0/s1. The van der Waals surface area contributed by atoms with E-state index in [4.69, 9.17) is 10.5 Å². The fraction of sp³-hybridized carbons (Fsp3) is 0.864. The molecule has 182 valence electrons. The number of amides is 3. The number of aliphatic hydroxyl groups excluding tert-OH is 1.